The predicted molar refractivity (Wildman–Crippen MR) is 122 cm³/mol. The molecule has 0 N–H and O–H groups in total. The zero-order valence-corrected chi connectivity index (χ0v) is 18.6. The van der Waals surface area contributed by atoms with Crippen LogP contribution in [0.15, 0.2) is 48.5 Å². The second kappa shape index (κ2) is 5.88. The van der Waals surface area contributed by atoms with E-state index in [1.54, 1.807) is 0 Å². The minimum atomic E-state index is -0.390. The molecule has 0 aromatic heterocycles. The van der Waals surface area contributed by atoms with Crippen LogP contribution in [0.25, 0.3) is 21.9 Å². The van der Waals surface area contributed by atoms with Gasteiger partial charge in [-0.1, -0.05) is 61.8 Å². The van der Waals surface area contributed by atoms with Crippen LogP contribution in [0.1, 0.15) is 52.7 Å². The van der Waals surface area contributed by atoms with Crippen LogP contribution < -0.4 is 5.46 Å². The fourth-order valence-corrected chi connectivity index (χ4v) is 4.92. The van der Waals surface area contributed by atoms with E-state index in [-0.39, 0.29) is 16.6 Å². The predicted octanol–water partition coefficient (Wildman–Crippen LogP) is 6.10. The van der Waals surface area contributed by atoms with Crippen LogP contribution >= 0.6 is 11.6 Å². The van der Waals surface area contributed by atoms with Crippen molar-refractivity contribution >= 4 is 35.0 Å². The lowest BCUT2D eigenvalue weighted by atomic mass is 9.72. The molecule has 0 amide bonds. The van der Waals surface area contributed by atoms with Gasteiger partial charge in [-0.2, -0.15) is 0 Å². The van der Waals surface area contributed by atoms with Crippen molar-refractivity contribution in [2.45, 2.75) is 58.2 Å². The maximum absolute atomic E-state index is 6.44. The molecule has 3 aromatic rings. The van der Waals surface area contributed by atoms with Crippen molar-refractivity contribution in [3.05, 3.63) is 64.7 Å². The molecule has 1 fully saturated rings. The number of hydrogen-bond acceptors (Lipinski definition) is 2. The van der Waals surface area contributed by atoms with Gasteiger partial charge in [-0.05, 0) is 78.3 Å². The highest BCUT2D eigenvalue weighted by Crippen LogP contribution is 2.51. The Bertz CT molecular complexity index is 1150. The summed E-state index contributed by atoms with van der Waals surface area (Å²) in [6.45, 7) is 13.0. The van der Waals surface area contributed by atoms with Gasteiger partial charge < -0.3 is 9.31 Å². The lowest BCUT2D eigenvalue weighted by molar-refractivity contribution is 0.00578. The summed E-state index contributed by atoms with van der Waals surface area (Å²) in [5, 5.41) is 3.20. The second-order valence-electron chi connectivity index (χ2n) is 9.84. The molecule has 2 aliphatic rings. The standard InChI is InChI=1S/C25H26BClO2/c1-23(2)19-13-15(27)11-12-18(19)22-17-10-8-7-9-16(17)21(14-20(22)23)26-28-24(3,4)25(5,6)29-26/h7-14H,1-6H3. The largest absolute Gasteiger partial charge is 0.495 e. The summed E-state index contributed by atoms with van der Waals surface area (Å²) in [7, 11) is -0.390. The van der Waals surface area contributed by atoms with E-state index >= 15 is 0 Å². The Morgan fingerprint density at radius 1 is 0.759 bits per heavy atom. The Morgan fingerprint density at radius 2 is 1.38 bits per heavy atom. The molecule has 1 aliphatic heterocycles. The van der Waals surface area contributed by atoms with Crippen molar-refractivity contribution in [2.24, 2.45) is 0 Å². The zero-order chi connectivity index (χ0) is 20.8. The van der Waals surface area contributed by atoms with Crippen LogP contribution in [0.5, 0.6) is 0 Å². The van der Waals surface area contributed by atoms with E-state index in [0.717, 1.165) is 10.5 Å². The summed E-state index contributed by atoms with van der Waals surface area (Å²) in [5.41, 5.74) is 5.37. The van der Waals surface area contributed by atoms with E-state index in [0.29, 0.717) is 0 Å². The first-order valence-electron chi connectivity index (χ1n) is 10.3. The zero-order valence-electron chi connectivity index (χ0n) is 17.9. The van der Waals surface area contributed by atoms with E-state index in [1.807, 2.05) is 6.07 Å². The molecule has 1 heterocycles. The minimum Gasteiger partial charge on any atom is -0.399 e. The average Bonchev–Trinajstić information content (AvgIpc) is 3.00. The molecule has 1 aliphatic carbocycles. The fourth-order valence-electron chi connectivity index (χ4n) is 4.75. The first kappa shape index (κ1) is 19.2. The summed E-state index contributed by atoms with van der Waals surface area (Å²) in [4.78, 5) is 0. The van der Waals surface area contributed by atoms with Gasteiger partial charge in [-0.25, -0.2) is 0 Å². The third-order valence-corrected chi connectivity index (χ3v) is 7.42. The third-order valence-electron chi connectivity index (χ3n) is 7.18. The van der Waals surface area contributed by atoms with Crippen LogP contribution in [0.3, 0.4) is 0 Å². The van der Waals surface area contributed by atoms with E-state index in [2.05, 4.69) is 84.0 Å². The van der Waals surface area contributed by atoms with Crippen molar-refractivity contribution < 1.29 is 9.31 Å². The van der Waals surface area contributed by atoms with Gasteiger partial charge in [0.15, 0.2) is 0 Å². The Kier molecular flexibility index (Phi) is 3.89. The normalized spacial score (nSPS) is 20.7. The Hall–Kier alpha value is -1.81. The molecule has 2 nitrogen and oxygen atoms in total. The monoisotopic (exact) mass is 404 g/mol. The summed E-state index contributed by atoms with van der Waals surface area (Å²) < 4.78 is 12.9. The lowest BCUT2D eigenvalue weighted by Gasteiger charge is -2.32. The van der Waals surface area contributed by atoms with Crippen LogP contribution in [-0.4, -0.2) is 18.3 Å². The van der Waals surface area contributed by atoms with E-state index < -0.39 is 7.12 Å². The summed E-state index contributed by atoms with van der Waals surface area (Å²) in [6.07, 6.45) is 0. The van der Waals surface area contributed by atoms with Crippen LogP contribution in [0, 0.1) is 0 Å². The van der Waals surface area contributed by atoms with E-state index in [9.17, 15) is 0 Å². The third kappa shape index (κ3) is 2.57. The van der Waals surface area contributed by atoms with Crippen molar-refractivity contribution in [1.82, 2.24) is 0 Å². The topological polar surface area (TPSA) is 18.5 Å². The molecule has 0 saturated carbocycles. The number of halogens is 1. The van der Waals surface area contributed by atoms with Crippen molar-refractivity contribution in [1.29, 1.82) is 0 Å². The highest BCUT2D eigenvalue weighted by Gasteiger charge is 2.52. The Morgan fingerprint density at radius 3 is 2.03 bits per heavy atom. The van der Waals surface area contributed by atoms with Crippen LogP contribution in [0.2, 0.25) is 5.02 Å². The van der Waals surface area contributed by atoms with E-state index in [1.165, 1.54) is 33.0 Å². The SMILES string of the molecule is CC1(C)c2cc(Cl)ccc2-c2c1cc(B1OC(C)(C)C(C)(C)O1)c1ccccc21. The van der Waals surface area contributed by atoms with Gasteiger partial charge in [0.1, 0.15) is 0 Å². The molecule has 4 heteroatoms. The minimum absolute atomic E-state index is 0.141. The molecule has 1 saturated heterocycles. The molecule has 148 valence electrons. The van der Waals surface area contributed by atoms with Gasteiger partial charge in [0.2, 0.25) is 0 Å². The van der Waals surface area contributed by atoms with Crippen molar-refractivity contribution in [3.63, 3.8) is 0 Å². The molecule has 0 atom stereocenters. The molecule has 0 radical (unpaired) electrons. The second-order valence-corrected chi connectivity index (χ2v) is 10.3. The molecule has 0 unspecified atom stereocenters. The molecule has 29 heavy (non-hydrogen) atoms. The van der Waals surface area contributed by atoms with Gasteiger partial charge in [0, 0.05) is 10.4 Å². The molecule has 5 rings (SSSR count). The molecular formula is C25H26BClO2. The quantitative estimate of drug-likeness (QED) is 0.456. The smallest absolute Gasteiger partial charge is 0.399 e. The van der Waals surface area contributed by atoms with Gasteiger partial charge >= 0.3 is 7.12 Å². The molecule has 0 bridgehead atoms. The highest BCUT2D eigenvalue weighted by atomic mass is 35.5. The highest BCUT2D eigenvalue weighted by molar-refractivity contribution is 6.65. The van der Waals surface area contributed by atoms with Crippen LogP contribution in [-0.2, 0) is 14.7 Å². The maximum Gasteiger partial charge on any atom is 0.495 e. The number of fused-ring (bicyclic) bond motifs is 5. The summed E-state index contributed by atoms with van der Waals surface area (Å²) in [5.74, 6) is 0. The van der Waals surface area contributed by atoms with Gasteiger partial charge in [-0.3, -0.25) is 0 Å². The lowest BCUT2D eigenvalue weighted by Crippen LogP contribution is -2.41. The molecular weight excluding hydrogens is 379 g/mol. The van der Waals surface area contributed by atoms with Crippen LogP contribution in [0.4, 0.5) is 0 Å². The summed E-state index contributed by atoms with van der Waals surface area (Å²) in [6, 6.07) is 17.1. The maximum atomic E-state index is 6.44. The number of rotatable bonds is 1. The first-order valence-corrected chi connectivity index (χ1v) is 10.6. The van der Waals surface area contributed by atoms with Crippen molar-refractivity contribution in [2.75, 3.05) is 0 Å². The van der Waals surface area contributed by atoms with Gasteiger partial charge in [0.05, 0.1) is 11.2 Å². The Balaban J connectivity index is 1.80. The number of benzene rings is 3. The first-order chi connectivity index (χ1) is 13.5. The van der Waals surface area contributed by atoms with E-state index in [4.69, 9.17) is 20.9 Å². The molecule has 0 spiro atoms. The Labute approximate surface area is 178 Å². The average molecular weight is 405 g/mol. The summed E-state index contributed by atoms with van der Waals surface area (Å²) >= 11 is 6.37. The molecule has 3 aromatic carbocycles. The number of hydrogen-bond donors (Lipinski definition) is 0. The fraction of sp³-hybridized carbons (Fsp3) is 0.360. The van der Waals surface area contributed by atoms with Gasteiger partial charge in [-0.15, -0.1) is 0 Å². The van der Waals surface area contributed by atoms with Gasteiger partial charge in [0.25, 0.3) is 0 Å². The van der Waals surface area contributed by atoms with Crippen molar-refractivity contribution in [3.8, 4) is 11.1 Å².